The van der Waals surface area contributed by atoms with Gasteiger partial charge in [-0.25, -0.2) is 4.79 Å². The highest BCUT2D eigenvalue weighted by Crippen LogP contribution is 2.32. The molecule has 0 saturated carbocycles. The molecule has 0 aliphatic carbocycles. The standard InChI is InChI=1S/C17H17IN2O4/c1-9(2)4-3-7-23-12-6-5-10-8-11-15(21)19-17(22)20-16(11)24-14(10)13(12)18/h5-6,8-9H,3-4,7H2,1-2H3,(H,19,21,22). The molecule has 24 heavy (non-hydrogen) atoms. The topological polar surface area (TPSA) is 85.2 Å². The third-order valence-electron chi connectivity index (χ3n) is 3.67. The third kappa shape index (κ3) is 3.45. The van der Waals surface area contributed by atoms with E-state index in [4.69, 9.17) is 9.15 Å². The molecule has 0 radical (unpaired) electrons. The van der Waals surface area contributed by atoms with Crippen LogP contribution in [0, 0.1) is 9.49 Å². The van der Waals surface area contributed by atoms with Crippen LogP contribution in [0.2, 0.25) is 0 Å². The van der Waals surface area contributed by atoms with Gasteiger partial charge in [0.1, 0.15) is 11.3 Å². The average Bonchev–Trinajstić information content (AvgIpc) is 2.52. The van der Waals surface area contributed by atoms with Gasteiger partial charge in [0.05, 0.1) is 10.2 Å². The zero-order valence-corrected chi connectivity index (χ0v) is 15.5. The summed E-state index contributed by atoms with van der Waals surface area (Å²) in [5, 5.41) is 0.757. The van der Waals surface area contributed by atoms with Crippen LogP contribution in [0.15, 0.2) is 32.2 Å². The van der Waals surface area contributed by atoms with Crippen molar-refractivity contribution in [1.82, 2.24) is 9.97 Å². The van der Waals surface area contributed by atoms with E-state index >= 15 is 0 Å². The number of rotatable bonds is 5. The SMILES string of the molecule is CC(C)CCCOc1ccc2cc3c(=O)[nH]c(=O)nc-3oc2c1I. The predicted molar refractivity (Wildman–Crippen MR) is 99.8 cm³/mol. The largest absolute Gasteiger partial charge is 0.492 e. The molecule has 2 aliphatic rings. The van der Waals surface area contributed by atoms with Crippen LogP contribution >= 0.6 is 22.6 Å². The van der Waals surface area contributed by atoms with Gasteiger partial charge in [0.25, 0.3) is 5.56 Å². The van der Waals surface area contributed by atoms with Crippen molar-refractivity contribution in [2.45, 2.75) is 26.7 Å². The van der Waals surface area contributed by atoms with Gasteiger partial charge >= 0.3 is 5.69 Å². The lowest BCUT2D eigenvalue weighted by atomic mass is 10.1. The second kappa shape index (κ2) is 6.92. The Labute approximate surface area is 151 Å². The molecule has 0 amide bonds. The summed E-state index contributed by atoms with van der Waals surface area (Å²) in [4.78, 5) is 29.1. The molecule has 0 fully saturated rings. The number of benzene rings is 1. The lowest BCUT2D eigenvalue weighted by molar-refractivity contribution is 0.296. The minimum absolute atomic E-state index is 0.0334. The Hall–Kier alpha value is -1.90. The van der Waals surface area contributed by atoms with E-state index in [1.165, 1.54) is 0 Å². The van der Waals surface area contributed by atoms with Gasteiger partial charge < -0.3 is 9.15 Å². The molecule has 1 N–H and O–H groups in total. The number of nitrogens with zero attached hydrogens (tertiary/aromatic N) is 1. The molecule has 2 aliphatic heterocycles. The van der Waals surface area contributed by atoms with E-state index in [2.05, 4.69) is 46.4 Å². The van der Waals surface area contributed by atoms with Crippen LogP contribution in [0.25, 0.3) is 22.4 Å². The van der Waals surface area contributed by atoms with Gasteiger partial charge in [-0.15, -0.1) is 0 Å². The van der Waals surface area contributed by atoms with E-state index < -0.39 is 11.2 Å². The van der Waals surface area contributed by atoms with E-state index in [1.54, 1.807) is 6.07 Å². The molecule has 0 unspecified atom stereocenters. The summed E-state index contributed by atoms with van der Waals surface area (Å²) in [6.07, 6.45) is 2.09. The van der Waals surface area contributed by atoms with Crippen LogP contribution < -0.4 is 16.0 Å². The fraction of sp³-hybridized carbons (Fsp3) is 0.353. The Kier molecular flexibility index (Phi) is 4.88. The van der Waals surface area contributed by atoms with Gasteiger partial charge in [-0.1, -0.05) is 13.8 Å². The maximum Gasteiger partial charge on any atom is 0.351 e. The number of aromatic nitrogens is 2. The lowest BCUT2D eigenvalue weighted by Gasteiger charge is -2.12. The van der Waals surface area contributed by atoms with E-state index in [1.807, 2.05) is 12.1 Å². The summed E-state index contributed by atoms with van der Waals surface area (Å²) in [5.74, 6) is 1.41. The fourth-order valence-electron chi connectivity index (χ4n) is 2.45. The second-order valence-electron chi connectivity index (χ2n) is 6.02. The summed E-state index contributed by atoms with van der Waals surface area (Å²) >= 11 is 2.14. The molecule has 0 aromatic heterocycles. The van der Waals surface area contributed by atoms with Crippen molar-refractivity contribution >= 4 is 33.6 Å². The first kappa shape index (κ1) is 16.9. The highest BCUT2D eigenvalue weighted by Gasteiger charge is 2.17. The van der Waals surface area contributed by atoms with Gasteiger partial charge in [0.15, 0.2) is 5.58 Å². The molecule has 0 spiro atoms. The van der Waals surface area contributed by atoms with Crippen LogP contribution in [0.5, 0.6) is 5.75 Å². The molecule has 0 bridgehead atoms. The molecule has 2 heterocycles. The smallest absolute Gasteiger partial charge is 0.351 e. The Morgan fingerprint density at radius 1 is 1.33 bits per heavy atom. The normalized spacial score (nSPS) is 11.5. The number of hydrogen-bond donors (Lipinski definition) is 1. The van der Waals surface area contributed by atoms with Crippen LogP contribution in [-0.2, 0) is 0 Å². The van der Waals surface area contributed by atoms with Crippen molar-refractivity contribution < 1.29 is 9.15 Å². The number of hydrogen-bond acceptors (Lipinski definition) is 5. The molecule has 1 aromatic rings. The first-order chi connectivity index (χ1) is 11.5. The summed E-state index contributed by atoms with van der Waals surface area (Å²) in [7, 11) is 0. The summed E-state index contributed by atoms with van der Waals surface area (Å²) in [6.45, 7) is 5.00. The number of H-pyrrole nitrogens is 1. The van der Waals surface area contributed by atoms with Crippen molar-refractivity contribution in [2.24, 2.45) is 5.92 Å². The Morgan fingerprint density at radius 3 is 2.88 bits per heavy atom. The van der Waals surface area contributed by atoms with E-state index in [-0.39, 0.29) is 11.5 Å². The summed E-state index contributed by atoms with van der Waals surface area (Å²) in [5.41, 5.74) is -0.406. The second-order valence-corrected chi connectivity index (χ2v) is 7.10. The fourth-order valence-corrected chi connectivity index (χ4v) is 3.21. The Bertz CT molecular complexity index is 961. The van der Waals surface area contributed by atoms with Crippen LogP contribution in [0.1, 0.15) is 26.7 Å². The van der Waals surface area contributed by atoms with Crippen molar-refractivity contribution in [3.8, 4) is 17.2 Å². The minimum Gasteiger partial charge on any atom is -0.492 e. The zero-order chi connectivity index (χ0) is 17.3. The van der Waals surface area contributed by atoms with Crippen molar-refractivity contribution in [3.05, 3.63) is 42.6 Å². The molecule has 0 atom stereocenters. The third-order valence-corrected chi connectivity index (χ3v) is 4.69. The number of fused-ring (bicyclic) bond motifs is 2. The van der Waals surface area contributed by atoms with E-state index in [0.717, 1.165) is 27.5 Å². The molecule has 0 saturated heterocycles. The van der Waals surface area contributed by atoms with Gasteiger partial charge in [-0.3, -0.25) is 9.78 Å². The number of nitrogens with one attached hydrogen (secondary N) is 1. The van der Waals surface area contributed by atoms with Gasteiger partial charge in [-0.05, 0) is 59.5 Å². The first-order valence-corrected chi connectivity index (χ1v) is 8.83. The van der Waals surface area contributed by atoms with E-state index in [0.29, 0.717) is 18.1 Å². The summed E-state index contributed by atoms with van der Waals surface area (Å²) in [6, 6.07) is 5.37. The highest BCUT2D eigenvalue weighted by molar-refractivity contribution is 14.1. The molecule has 1 aromatic carbocycles. The van der Waals surface area contributed by atoms with Crippen LogP contribution in [0.4, 0.5) is 0 Å². The number of aromatic amines is 1. The predicted octanol–water partition coefficient (Wildman–Crippen LogP) is 3.40. The van der Waals surface area contributed by atoms with Gasteiger partial charge in [-0.2, -0.15) is 4.98 Å². The molecule has 3 rings (SSSR count). The van der Waals surface area contributed by atoms with Gasteiger partial charge in [0.2, 0.25) is 5.89 Å². The maximum atomic E-state index is 11.8. The van der Waals surface area contributed by atoms with Crippen LogP contribution in [-0.4, -0.2) is 16.6 Å². The Balaban J connectivity index is 1.99. The average molecular weight is 440 g/mol. The zero-order valence-electron chi connectivity index (χ0n) is 13.4. The van der Waals surface area contributed by atoms with Gasteiger partial charge in [0, 0.05) is 5.39 Å². The minimum atomic E-state index is -0.716. The first-order valence-electron chi connectivity index (χ1n) is 7.75. The Morgan fingerprint density at radius 2 is 2.12 bits per heavy atom. The monoisotopic (exact) mass is 440 g/mol. The van der Waals surface area contributed by atoms with Crippen molar-refractivity contribution in [3.63, 3.8) is 0 Å². The lowest BCUT2D eigenvalue weighted by Crippen LogP contribution is -2.24. The molecule has 126 valence electrons. The quantitative estimate of drug-likeness (QED) is 0.374. The highest BCUT2D eigenvalue weighted by atomic mass is 127. The molecule has 6 nitrogen and oxygen atoms in total. The molecular formula is C17H17IN2O4. The molecule has 7 heteroatoms. The number of halogens is 1. The van der Waals surface area contributed by atoms with E-state index in [9.17, 15) is 9.59 Å². The summed E-state index contributed by atoms with van der Waals surface area (Å²) < 4.78 is 12.3. The van der Waals surface area contributed by atoms with Crippen LogP contribution in [0.3, 0.4) is 0 Å². The van der Waals surface area contributed by atoms with Crippen molar-refractivity contribution in [1.29, 1.82) is 0 Å². The maximum absolute atomic E-state index is 11.8. The number of ether oxygens (including phenoxy) is 1. The molecular weight excluding hydrogens is 423 g/mol. The van der Waals surface area contributed by atoms with Crippen molar-refractivity contribution in [2.75, 3.05) is 6.61 Å².